The van der Waals surface area contributed by atoms with Crippen LogP contribution in [0.25, 0.3) is 0 Å². The second-order valence-corrected chi connectivity index (χ2v) is 5.89. The fourth-order valence-corrected chi connectivity index (χ4v) is 2.43. The van der Waals surface area contributed by atoms with Gasteiger partial charge in [-0.2, -0.15) is 9.97 Å². The molecule has 0 spiro atoms. The van der Waals surface area contributed by atoms with E-state index in [9.17, 15) is 9.18 Å². The number of nitrogens with zero attached hydrogens (tertiary/aromatic N) is 2. The predicted molar refractivity (Wildman–Crippen MR) is 97.1 cm³/mol. The van der Waals surface area contributed by atoms with Gasteiger partial charge in [0.15, 0.2) is 0 Å². The van der Waals surface area contributed by atoms with Crippen molar-refractivity contribution in [2.24, 2.45) is 0 Å². The lowest BCUT2D eigenvalue weighted by atomic mass is 10.1. The number of hydrogen-bond donors (Lipinski definition) is 1. The number of amides is 1. The molecule has 0 radical (unpaired) electrons. The SMILES string of the molecule is Cc1ccc(C(=O)Nc2c(C)nc(Oc3ccccc3)nc2C)cc1F. The van der Waals surface area contributed by atoms with Crippen molar-refractivity contribution in [1.82, 2.24) is 9.97 Å². The number of ether oxygens (including phenoxy) is 1. The Kier molecular flexibility index (Phi) is 4.93. The number of rotatable bonds is 4. The van der Waals surface area contributed by atoms with Crippen molar-refractivity contribution in [2.75, 3.05) is 5.32 Å². The van der Waals surface area contributed by atoms with Crippen molar-refractivity contribution in [2.45, 2.75) is 20.8 Å². The molecule has 1 amide bonds. The largest absolute Gasteiger partial charge is 0.424 e. The molecule has 0 saturated heterocycles. The standard InChI is InChI=1S/C20H18FN3O2/c1-12-9-10-15(11-17(12)21)19(25)24-18-13(2)22-20(23-14(18)3)26-16-7-5-4-6-8-16/h4-11H,1-3H3,(H,24,25). The van der Waals surface area contributed by atoms with E-state index in [0.717, 1.165) is 0 Å². The Morgan fingerprint density at radius 1 is 1.00 bits per heavy atom. The highest BCUT2D eigenvalue weighted by atomic mass is 19.1. The maximum absolute atomic E-state index is 13.7. The van der Waals surface area contributed by atoms with Gasteiger partial charge in [0.1, 0.15) is 11.6 Å². The minimum absolute atomic E-state index is 0.200. The van der Waals surface area contributed by atoms with E-state index < -0.39 is 11.7 Å². The van der Waals surface area contributed by atoms with Gasteiger partial charge in [0.25, 0.3) is 5.91 Å². The molecule has 0 aliphatic rings. The number of para-hydroxylation sites is 1. The zero-order chi connectivity index (χ0) is 18.7. The van der Waals surface area contributed by atoms with E-state index in [1.54, 1.807) is 45.0 Å². The molecule has 0 saturated carbocycles. The maximum Gasteiger partial charge on any atom is 0.322 e. The first-order valence-electron chi connectivity index (χ1n) is 8.09. The third kappa shape index (κ3) is 3.85. The number of carbonyl (C=O) groups is 1. The molecule has 3 rings (SSSR count). The average molecular weight is 351 g/mol. The second-order valence-electron chi connectivity index (χ2n) is 5.89. The van der Waals surface area contributed by atoms with Gasteiger partial charge < -0.3 is 10.1 Å². The molecule has 0 unspecified atom stereocenters. The number of anilines is 1. The molecule has 0 atom stereocenters. The summed E-state index contributed by atoms with van der Waals surface area (Å²) in [7, 11) is 0. The van der Waals surface area contributed by atoms with E-state index in [2.05, 4.69) is 15.3 Å². The quantitative estimate of drug-likeness (QED) is 0.747. The van der Waals surface area contributed by atoms with Gasteiger partial charge in [0, 0.05) is 5.56 Å². The Balaban J connectivity index is 1.82. The lowest BCUT2D eigenvalue weighted by Crippen LogP contribution is -2.15. The molecule has 6 heteroatoms. The van der Waals surface area contributed by atoms with Crippen LogP contribution in [0, 0.1) is 26.6 Å². The molecule has 1 aromatic heterocycles. The maximum atomic E-state index is 13.7. The van der Waals surface area contributed by atoms with Crippen molar-refractivity contribution in [3.05, 3.63) is 76.9 Å². The van der Waals surface area contributed by atoms with Crippen LogP contribution in [0.15, 0.2) is 48.5 Å². The highest BCUT2D eigenvalue weighted by Crippen LogP contribution is 2.24. The first-order chi connectivity index (χ1) is 12.4. The summed E-state index contributed by atoms with van der Waals surface area (Å²) in [6.45, 7) is 5.14. The molecule has 132 valence electrons. The number of nitrogens with one attached hydrogen (secondary N) is 1. The Labute approximate surface area is 150 Å². The van der Waals surface area contributed by atoms with Crippen molar-refractivity contribution in [3.63, 3.8) is 0 Å². The number of benzene rings is 2. The summed E-state index contributed by atoms with van der Waals surface area (Å²) in [6, 6.07) is 13.7. The molecule has 2 aromatic carbocycles. The predicted octanol–water partition coefficient (Wildman–Crippen LogP) is 4.59. The average Bonchev–Trinajstić information content (AvgIpc) is 2.61. The van der Waals surface area contributed by atoms with Crippen LogP contribution in [-0.4, -0.2) is 15.9 Å². The monoisotopic (exact) mass is 351 g/mol. The number of carbonyl (C=O) groups excluding carboxylic acids is 1. The molecule has 0 bridgehead atoms. The first-order valence-corrected chi connectivity index (χ1v) is 8.09. The highest BCUT2D eigenvalue weighted by molar-refractivity contribution is 6.04. The summed E-state index contributed by atoms with van der Waals surface area (Å²) < 4.78 is 19.3. The molecule has 0 aliphatic heterocycles. The van der Waals surface area contributed by atoms with E-state index >= 15 is 0 Å². The number of hydrogen-bond acceptors (Lipinski definition) is 4. The van der Waals surface area contributed by atoms with Crippen LogP contribution in [0.3, 0.4) is 0 Å². The highest BCUT2D eigenvalue weighted by Gasteiger charge is 2.15. The van der Waals surface area contributed by atoms with Gasteiger partial charge in [-0.25, -0.2) is 4.39 Å². The van der Waals surface area contributed by atoms with Crippen molar-refractivity contribution < 1.29 is 13.9 Å². The van der Waals surface area contributed by atoms with Gasteiger partial charge in [-0.1, -0.05) is 24.3 Å². The molecule has 26 heavy (non-hydrogen) atoms. The summed E-state index contributed by atoms with van der Waals surface area (Å²) in [5.41, 5.74) is 2.32. The van der Waals surface area contributed by atoms with E-state index in [0.29, 0.717) is 28.4 Å². The van der Waals surface area contributed by atoms with Crippen LogP contribution in [0.2, 0.25) is 0 Å². The number of aromatic nitrogens is 2. The smallest absolute Gasteiger partial charge is 0.322 e. The van der Waals surface area contributed by atoms with Gasteiger partial charge in [0.05, 0.1) is 17.1 Å². The van der Waals surface area contributed by atoms with E-state index in [4.69, 9.17) is 4.74 Å². The van der Waals surface area contributed by atoms with E-state index in [-0.39, 0.29) is 11.6 Å². The number of halogens is 1. The van der Waals surface area contributed by atoms with Crippen LogP contribution < -0.4 is 10.1 Å². The van der Waals surface area contributed by atoms with E-state index in [1.165, 1.54) is 6.07 Å². The zero-order valence-corrected chi connectivity index (χ0v) is 14.7. The zero-order valence-electron chi connectivity index (χ0n) is 14.7. The van der Waals surface area contributed by atoms with Crippen LogP contribution >= 0.6 is 0 Å². The normalized spacial score (nSPS) is 10.5. The fourth-order valence-electron chi connectivity index (χ4n) is 2.43. The minimum atomic E-state index is -0.422. The van der Waals surface area contributed by atoms with Gasteiger partial charge in [-0.3, -0.25) is 4.79 Å². The van der Waals surface area contributed by atoms with Crippen molar-refractivity contribution >= 4 is 11.6 Å². The van der Waals surface area contributed by atoms with Gasteiger partial charge >= 0.3 is 6.01 Å². The number of aryl methyl sites for hydroxylation is 3. The fraction of sp³-hybridized carbons (Fsp3) is 0.150. The lowest BCUT2D eigenvalue weighted by Gasteiger charge is -2.12. The summed E-state index contributed by atoms with van der Waals surface area (Å²) in [4.78, 5) is 21.0. The lowest BCUT2D eigenvalue weighted by molar-refractivity contribution is 0.102. The Hall–Kier alpha value is -3.28. The molecular formula is C20H18FN3O2. The third-order valence-corrected chi connectivity index (χ3v) is 3.88. The molecular weight excluding hydrogens is 333 g/mol. The van der Waals surface area contributed by atoms with Gasteiger partial charge in [-0.05, 0) is 50.6 Å². The second kappa shape index (κ2) is 7.31. The molecule has 1 heterocycles. The molecule has 3 aromatic rings. The summed E-state index contributed by atoms with van der Waals surface area (Å²) >= 11 is 0. The Morgan fingerprint density at radius 2 is 1.65 bits per heavy atom. The van der Waals surface area contributed by atoms with Crippen LogP contribution in [0.1, 0.15) is 27.3 Å². The van der Waals surface area contributed by atoms with E-state index in [1.807, 2.05) is 18.2 Å². The van der Waals surface area contributed by atoms with Crippen LogP contribution in [0.5, 0.6) is 11.8 Å². The Bertz CT molecular complexity index is 936. The van der Waals surface area contributed by atoms with Crippen molar-refractivity contribution in [3.8, 4) is 11.8 Å². The van der Waals surface area contributed by atoms with Crippen LogP contribution in [-0.2, 0) is 0 Å². The van der Waals surface area contributed by atoms with Gasteiger partial charge in [0.2, 0.25) is 0 Å². The Morgan fingerprint density at radius 3 is 2.27 bits per heavy atom. The molecule has 1 N–H and O–H groups in total. The molecule has 5 nitrogen and oxygen atoms in total. The summed E-state index contributed by atoms with van der Waals surface area (Å²) in [5, 5.41) is 2.75. The topological polar surface area (TPSA) is 64.1 Å². The van der Waals surface area contributed by atoms with Crippen LogP contribution in [0.4, 0.5) is 10.1 Å². The summed E-state index contributed by atoms with van der Waals surface area (Å²) in [6.07, 6.45) is 0. The third-order valence-electron chi connectivity index (χ3n) is 3.88. The summed E-state index contributed by atoms with van der Waals surface area (Å²) in [5.74, 6) is -0.220. The van der Waals surface area contributed by atoms with Crippen molar-refractivity contribution in [1.29, 1.82) is 0 Å². The molecule has 0 aliphatic carbocycles. The minimum Gasteiger partial charge on any atom is -0.424 e. The molecule has 0 fully saturated rings. The first kappa shape index (κ1) is 17.5. The van der Waals surface area contributed by atoms with Gasteiger partial charge in [-0.15, -0.1) is 0 Å².